The van der Waals surface area contributed by atoms with Gasteiger partial charge >= 0.3 is 0 Å². The summed E-state index contributed by atoms with van der Waals surface area (Å²) in [5.41, 5.74) is -3.21. The third-order valence-electron chi connectivity index (χ3n) is 6.22. The molecular formula is C36H55ClF3N2O2P. The van der Waals surface area contributed by atoms with Gasteiger partial charge in [0.1, 0.15) is 5.82 Å². The Bertz CT molecular complexity index is 1170. The number of benzene rings is 1. The lowest BCUT2D eigenvalue weighted by atomic mass is 9.85. The van der Waals surface area contributed by atoms with Gasteiger partial charge in [-0.05, 0) is 69.5 Å². The highest BCUT2D eigenvalue weighted by molar-refractivity contribution is 7.17. The first-order valence-electron chi connectivity index (χ1n) is 15.7. The maximum atomic E-state index is 14.0. The van der Waals surface area contributed by atoms with Crippen LogP contribution >= 0.6 is 20.8 Å². The zero-order valence-electron chi connectivity index (χ0n) is 28.8. The van der Waals surface area contributed by atoms with E-state index in [2.05, 4.69) is 30.7 Å². The standard InChI is InChI=1S/C27H31ClF3N2O2P.C5H12.2C2H6/c1-6-19(11-10-17(2)28)14-23(20-8-7-9-22(29)15-20)18(3)33-25(34)26(4,5)35-24-13-12-21(16-32-24)27(30,31)36;1-3-5-4-2;2*1-2/h6-13,15-16,18,23H,1,14,36H2,2-5H3,(H,33,34);3-5H2,1-2H3;2*1-2H3/b17-10+,19-11+;;;. The average Bonchev–Trinajstić information content (AvgIpc) is 2.99. The summed E-state index contributed by atoms with van der Waals surface area (Å²) in [4.78, 5) is 17.1. The van der Waals surface area contributed by atoms with Crippen molar-refractivity contribution in [2.75, 3.05) is 0 Å². The molecule has 0 spiro atoms. The summed E-state index contributed by atoms with van der Waals surface area (Å²) in [7, 11) is 1.44. The van der Waals surface area contributed by atoms with Crippen LogP contribution in [0.3, 0.4) is 0 Å². The fourth-order valence-corrected chi connectivity index (χ4v) is 4.03. The zero-order chi connectivity index (χ0) is 35.2. The monoisotopic (exact) mass is 670 g/mol. The minimum Gasteiger partial charge on any atom is -0.462 e. The van der Waals surface area contributed by atoms with Gasteiger partial charge in [-0.1, -0.05) is 113 Å². The zero-order valence-corrected chi connectivity index (χ0v) is 30.7. The van der Waals surface area contributed by atoms with Crippen LogP contribution in [0.1, 0.15) is 112 Å². The number of aromatic nitrogens is 1. The molecule has 0 radical (unpaired) electrons. The van der Waals surface area contributed by atoms with E-state index in [1.165, 1.54) is 52.8 Å². The highest BCUT2D eigenvalue weighted by atomic mass is 35.5. The molecule has 0 aliphatic carbocycles. The maximum absolute atomic E-state index is 14.0. The summed E-state index contributed by atoms with van der Waals surface area (Å²) >= 11 is 5.95. The van der Waals surface area contributed by atoms with Crippen LogP contribution in [0.4, 0.5) is 13.2 Å². The molecule has 1 aromatic carbocycles. The van der Waals surface area contributed by atoms with Gasteiger partial charge in [0.15, 0.2) is 5.60 Å². The second-order valence-corrected chi connectivity index (χ2v) is 11.6. The Kier molecular flexibility index (Phi) is 23.4. The van der Waals surface area contributed by atoms with Gasteiger partial charge in [0, 0.05) is 34.8 Å². The second-order valence-electron chi connectivity index (χ2n) is 10.3. The highest BCUT2D eigenvalue weighted by Gasteiger charge is 2.34. The molecule has 0 saturated heterocycles. The fourth-order valence-electron chi connectivity index (χ4n) is 3.80. The van der Waals surface area contributed by atoms with Crippen molar-refractivity contribution in [2.24, 2.45) is 0 Å². The highest BCUT2D eigenvalue weighted by Crippen LogP contribution is 2.35. The summed E-state index contributed by atoms with van der Waals surface area (Å²) in [5, 5.41) is 3.55. The second kappa shape index (κ2) is 23.7. The number of halogens is 4. The fraction of sp³-hybridized carbons (Fsp3) is 0.500. The first-order valence-corrected chi connectivity index (χ1v) is 16.6. The number of alkyl halides is 2. The molecule has 0 fully saturated rings. The lowest BCUT2D eigenvalue weighted by Gasteiger charge is -2.31. The van der Waals surface area contributed by atoms with Gasteiger partial charge in [-0.25, -0.2) is 9.37 Å². The van der Waals surface area contributed by atoms with Crippen molar-refractivity contribution in [3.8, 4) is 5.88 Å². The summed E-state index contributed by atoms with van der Waals surface area (Å²) in [6, 6.07) is 8.25. The molecule has 0 saturated carbocycles. The number of nitrogens with zero attached hydrogens (tertiary/aromatic N) is 1. The number of allylic oxidation sites excluding steroid dienone is 5. The Labute approximate surface area is 278 Å². The number of carbonyl (C=O) groups excluding carboxylic acids is 1. The number of rotatable bonds is 13. The molecule has 1 amide bonds. The van der Waals surface area contributed by atoms with Gasteiger partial charge in [-0.3, -0.25) is 4.79 Å². The van der Waals surface area contributed by atoms with Crippen LogP contribution in [0.2, 0.25) is 0 Å². The number of pyridine rings is 1. The molecule has 45 heavy (non-hydrogen) atoms. The Morgan fingerprint density at radius 2 is 1.71 bits per heavy atom. The van der Waals surface area contributed by atoms with Crippen molar-refractivity contribution in [3.63, 3.8) is 0 Å². The van der Waals surface area contributed by atoms with Crippen molar-refractivity contribution in [1.29, 1.82) is 0 Å². The number of hydrogen-bond acceptors (Lipinski definition) is 3. The van der Waals surface area contributed by atoms with E-state index in [0.29, 0.717) is 17.0 Å². The molecule has 4 nitrogen and oxygen atoms in total. The normalized spacial score (nSPS) is 13.0. The third-order valence-corrected chi connectivity index (χ3v) is 6.68. The van der Waals surface area contributed by atoms with Crippen molar-refractivity contribution < 1.29 is 22.7 Å². The van der Waals surface area contributed by atoms with E-state index in [1.807, 2.05) is 40.7 Å². The molecule has 2 rings (SSSR count). The van der Waals surface area contributed by atoms with Crippen LogP contribution in [0.25, 0.3) is 0 Å². The molecule has 1 aromatic heterocycles. The molecule has 3 atom stereocenters. The summed E-state index contributed by atoms with van der Waals surface area (Å²) in [5.74, 6) is -1.09. The summed E-state index contributed by atoms with van der Waals surface area (Å²) < 4.78 is 46.6. The maximum Gasteiger partial charge on any atom is 0.285 e. The molecule has 2 aromatic rings. The quantitative estimate of drug-likeness (QED) is 0.170. The van der Waals surface area contributed by atoms with Crippen molar-refractivity contribution in [3.05, 3.63) is 95.0 Å². The van der Waals surface area contributed by atoms with Gasteiger partial charge in [-0.2, -0.15) is 8.78 Å². The van der Waals surface area contributed by atoms with Crippen LogP contribution in [-0.2, 0) is 10.5 Å². The molecule has 254 valence electrons. The summed E-state index contributed by atoms with van der Waals surface area (Å²) in [6.45, 7) is 23.0. The number of hydrogen-bond donors (Lipinski definition) is 1. The van der Waals surface area contributed by atoms with Crippen molar-refractivity contribution >= 4 is 26.7 Å². The van der Waals surface area contributed by atoms with E-state index >= 15 is 0 Å². The van der Waals surface area contributed by atoms with Gasteiger partial charge < -0.3 is 10.1 Å². The predicted molar refractivity (Wildman–Crippen MR) is 190 cm³/mol. The smallest absolute Gasteiger partial charge is 0.285 e. The lowest BCUT2D eigenvalue weighted by molar-refractivity contribution is -0.135. The molecule has 1 N–H and O–H groups in total. The predicted octanol–water partition coefficient (Wildman–Crippen LogP) is 11.5. The third kappa shape index (κ3) is 18.2. The minimum absolute atomic E-state index is 0.0302. The number of unbranched alkanes of at least 4 members (excludes halogenated alkanes) is 2. The largest absolute Gasteiger partial charge is 0.462 e. The Hall–Kier alpha value is -2.63. The molecule has 3 unspecified atom stereocenters. The Morgan fingerprint density at radius 3 is 2.13 bits per heavy atom. The van der Waals surface area contributed by atoms with Crippen molar-refractivity contribution in [1.82, 2.24) is 10.3 Å². The number of carbonyl (C=O) groups is 1. The topological polar surface area (TPSA) is 51.2 Å². The van der Waals surface area contributed by atoms with Crippen LogP contribution in [-0.4, -0.2) is 22.5 Å². The Morgan fingerprint density at radius 1 is 1.11 bits per heavy atom. The van der Waals surface area contributed by atoms with Gasteiger partial charge in [0.05, 0.1) is 0 Å². The molecule has 1 heterocycles. The number of amides is 1. The van der Waals surface area contributed by atoms with Crippen LogP contribution in [0.15, 0.2) is 78.0 Å². The van der Waals surface area contributed by atoms with E-state index in [4.69, 9.17) is 16.3 Å². The van der Waals surface area contributed by atoms with Crippen LogP contribution < -0.4 is 10.1 Å². The molecular weight excluding hydrogens is 616 g/mol. The van der Waals surface area contributed by atoms with Gasteiger partial charge in [-0.15, -0.1) is 0 Å². The average molecular weight is 671 g/mol. The van der Waals surface area contributed by atoms with E-state index in [0.717, 1.165) is 11.8 Å². The lowest BCUT2D eigenvalue weighted by Crippen LogP contribution is -2.50. The first-order chi connectivity index (χ1) is 21.1. The minimum atomic E-state index is -3.11. The van der Waals surface area contributed by atoms with Gasteiger partial charge in [0.25, 0.3) is 11.6 Å². The van der Waals surface area contributed by atoms with Crippen LogP contribution in [0, 0.1) is 5.82 Å². The van der Waals surface area contributed by atoms with Crippen molar-refractivity contribution in [2.45, 2.75) is 118 Å². The molecule has 0 aliphatic heterocycles. The Balaban J connectivity index is 0. The van der Waals surface area contributed by atoms with E-state index in [-0.39, 0.29) is 23.2 Å². The molecule has 0 aliphatic rings. The van der Waals surface area contributed by atoms with Gasteiger partial charge in [0.2, 0.25) is 5.88 Å². The van der Waals surface area contributed by atoms with Crippen LogP contribution in [0.5, 0.6) is 5.88 Å². The SMILES string of the molecule is C=C/C(=C\C=C(/C)Cl)CC(c1cccc(F)c1)C(C)NC(=O)C(C)(C)Oc1ccc(C(F)(F)P)cn1.CC.CC.CCCCC. The number of ether oxygens (including phenoxy) is 1. The number of nitrogens with one attached hydrogen (secondary N) is 1. The van der Waals surface area contributed by atoms with E-state index < -0.39 is 23.2 Å². The molecule has 9 heteroatoms. The summed E-state index contributed by atoms with van der Waals surface area (Å²) in [6.07, 6.45) is 10.8. The first kappa shape index (κ1) is 44.5. The van der Waals surface area contributed by atoms with E-state index in [9.17, 15) is 18.0 Å². The molecule has 0 bridgehead atoms. The van der Waals surface area contributed by atoms with E-state index in [1.54, 1.807) is 45.1 Å².